The van der Waals surface area contributed by atoms with Crippen molar-refractivity contribution >= 4 is 27.3 Å². The quantitative estimate of drug-likeness (QED) is 0.380. The van der Waals surface area contributed by atoms with Crippen LogP contribution in [0.2, 0.25) is 0 Å². The lowest BCUT2D eigenvalue weighted by atomic mass is 10.5. The molecule has 1 atom stereocenters. The lowest BCUT2D eigenvalue weighted by Gasteiger charge is -2.02. The summed E-state index contributed by atoms with van der Waals surface area (Å²) in [5.41, 5.74) is 0. The molecule has 0 aliphatic heterocycles. The Morgan fingerprint density at radius 2 is 2.38 bits per heavy atom. The van der Waals surface area contributed by atoms with E-state index in [1.54, 1.807) is 0 Å². The van der Waals surface area contributed by atoms with Crippen LogP contribution in [0.5, 0.6) is 0 Å². The lowest BCUT2D eigenvalue weighted by Crippen LogP contribution is -1.97. The molecule has 0 aromatic carbocycles. The van der Waals surface area contributed by atoms with Gasteiger partial charge in [0.1, 0.15) is 0 Å². The molecule has 0 aliphatic carbocycles. The second-order valence-electron chi connectivity index (χ2n) is 1.07. The van der Waals surface area contributed by atoms with E-state index in [1.807, 2.05) is 0 Å². The molecular weight excluding hydrogens is 196 g/mol. The summed E-state index contributed by atoms with van der Waals surface area (Å²) in [5, 5.41) is 0.768. The molecule has 0 fully saturated rings. The van der Waals surface area contributed by atoms with Crippen molar-refractivity contribution in [3.05, 3.63) is 0 Å². The first-order valence-corrected chi connectivity index (χ1v) is 4.18. The topological polar surface area (TPSA) is 49.4 Å². The van der Waals surface area contributed by atoms with Gasteiger partial charge in [-0.2, -0.15) is 0 Å². The Hall–Kier alpha value is 0.550. The van der Waals surface area contributed by atoms with Crippen LogP contribution in [-0.4, -0.2) is 20.7 Å². The summed E-state index contributed by atoms with van der Waals surface area (Å²) in [7, 11) is 0. The predicted molar refractivity (Wildman–Crippen MR) is 33.3 cm³/mol. The van der Waals surface area contributed by atoms with Crippen LogP contribution in [0.3, 0.4) is 0 Å². The number of hydrogen-bond donors (Lipinski definition) is 0. The molecule has 0 saturated heterocycles. The highest BCUT2D eigenvalue weighted by atomic mass is 79.9. The van der Waals surface area contributed by atoms with Gasteiger partial charge in [0.05, 0.1) is 18.0 Å². The van der Waals surface area contributed by atoms with Crippen LogP contribution in [-0.2, 0) is 15.5 Å². The van der Waals surface area contributed by atoms with Crippen molar-refractivity contribution in [3.8, 4) is 0 Å². The van der Waals surface area contributed by atoms with Crippen LogP contribution >= 0.6 is 15.9 Å². The average Bonchev–Trinajstić information content (AvgIpc) is 1.66. The summed E-state index contributed by atoms with van der Waals surface area (Å²) < 4.78 is 23.4. The van der Waals surface area contributed by atoms with Crippen molar-refractivity contribution < 1.29 is 12.9 Å². The van der Waals surface area contributed by atoms with Gasteiger partial charge in [0.25, 0.3) is 0 Å². The van der Waals surface area contributed by atoms with E-state index in [4.69, 9.17) is 0 Å². The van der Waals surface area contributed by atoms with Crippen molar-refractivity contribution in [1.29, 1.82) is 0 Å². The predicted octanol–water partition coefficient (Wildman–Crippen LogP) is 0.582. The van der Waals surface area contributed by atoms with Gasteiger partial charge in [-0.25, -0.2) is 4.21 Å². The van der Waals surface area contributed by atoms with Crippen LogP contribution in [0.25, 0.3) is 0 Å². The van der Waals surface area contributed by atoms with Crippen LogP contribution in [0.4, 0.5) is 0 Å². The van der Waals surface area contributed by atoms with Gasteiger partial charge in [0.15, 0.2) is 0 Å². The fraction of sp³-hybridized carbons (Fsp3) is 1.00. The summed E-state index contributed by atoms with van der Waals surface area (Å²) in [4.78, 5) is 0. The molecule has 0 aliphatic rings. The smallest absolute Gasteiger partial charge is 0.0842 e. The molecule has 0 saturated carbocycles. The Balaban J connectivity index is 2.82. The largest absolute Gasteiger partial charge is 0.750 e. The van der Waals surface area contributed by atoms with Gasteiger partial charge in [-0.05, 0) is 6.42 Å². The van der Waals surface area contributed by atoms with E-state index in [-0.39, 0.29) is 6.61 Å². The lowest BCUT2D eigenvalue weighted by molar-refractivity contribution is 0.302. The molecule has 0 aromatic rings. The molecule has 0 N–H and O–H groups in total. The summed E-state index contributed by atoms with van der Waals surface area (Å²) in [5.74, 6) is 0. The maximum Gasteiger partial charge on any atom is 0.0842 e. The third kappa shape index (κ3) is 6.55. The first-order valence-electron chi connectivity index (χ1n) is 2.06. The Morgan fingerprint density at radius 3 is 2.75 bits per heavy atom. The van der Waals surface area contributed by atoms with Gasteiger partial charge in [0.2, 0.25) is 0 Å². The molecule has 0 aromatic heterocycles. The minimum absolute atomic E-state index is 0.265. The van der Waals surface area contributed by atoms with Gasteiger partial charge < -0.3 is 8.74 Å². The standard InChI is InChI=1S/C3H7BrO3S/c4-2-1-3-7-8(5)6/h1-3H2,(H,5,6)/p-1. The summed E-state index contributed by atoms with van der Waals surface area (Å²) in [6.07, 6.45) is 0.716. The van der Waals surface area contributed by atoms with Gasteiger partial charge in [-0.3, -0.25) is 0 Å². The van der Waals surface area contributed by atoms with Crippen LogP contribution in [0.15, 0.2) is 0 Å². The third-order valence-electron chi connectivity index (χ3n) is 0.458. The van der Waals surface area contributed by atoms with Gasteiger partial charge in [-0.15, -0.1) is 0 Å². The van der Waals surface area contributed by atoms with Gasteiger partial charge >= 0.3 is 0 Å². The number of halogens is 1. The van der Waals surface area contributed by atoms with E-state index in [9.17, 15) is 8.76 Å². The Kier molecular flexibility index (Phi) is 6.07. The Morgan fingerprint density at radius 1 is 1.75 bits per heavy atom. The zero-order valence-electron chi connectivity index (χ0n) is 4.13. The van der Waals surface area contributed by atoms with E-state index < -0.39 is 11.4 Å². The zero-order valence-corrected chi connectivity index (χ0v) is 6.53. The molecular formula is C3H6BrO3S-. The highest BCUT2D eigenvalue weighted by molar-refractivity contribution is 9.09. The minimum atomic E-state index is -2.34. The molecule has 0 radical (unpaired) electrons. The summed E-state index contributed by atoms with van der Waals surface area (Å²) >= 11 is 0.781. The van der Waals surface area contributed by atoms with E-state index in [0.29, 0.717) is 6.42 Å². The molecule has 8 heavy (non-hydrogen) atoms. The number of rotatable bonds is 4. The van der Waals surface area contributed by atoms with E-state index >= 15 is 0 Å². The van der Waals surface area contributed by atoms with Crippen molar-refractivity contribution in [2.45, 2.75) is 6.42 Å². The van der Waals surface area contributed by atoms with Crippen molar-refractivity contribution in [1.82, 2.24) is 0 Å². The highest BCUT2D eigenvalue weighted by Gasteiger charge is 1.83. The molecule has 0 heterocycles. The molecule has 0 amide bonds. The first-order chi connectivity index (χ1) is 3.77. The molecule has 0 spiro atoms. The van der Waals surface area contributed by atoms with Gasteiger partial charge in [0, 0.05) is 5.33 Å². The molecule has 50 valence electrons. The van der Waals surface area contributed by atoms with Crippen molar-refractivity contribution in [2.24, 2.45) is 0 Å². The average molecular weight is 202 g/mol. The minimum Gasteiger partial charge on any atom is -0.750 e. The van der Waals surface area contributed by atoms with E-state index in [2.05, 4.69) is 20.1 Å². The Bertz CT molecular complexity index is 76.9. The van der Waals surface area contributed by atoms with Crippen LogP contribution in [0.1, 0.15) is 6.42 Å². The maximum absolute atomic E-state index is 9.64. The normalized spacial score (nSPS) is 13.8. The second-order valence-corrected chi connectivity index (χ2v) is 2.51. The van der Waals surface area contributed by atoms with Crippen LogP contribution in [0, 0.1) is 0 Å². The summed E-state index contributed by atoms with van der Waals surface area (Å²) in [6.45, 7) is 0.265. The molecule has 1 unspecified atom stereocenters. The highest BCUT2D eigenvalue weighted by Crippen LogP contribution is 1.88. The molecule has 3 nitrogen and oxygen atoms in total. The zero-order chi connectivity index (χ0) is 6.41. The third-order valence-corrected chi connectivity index (χ3v) is 1.38. The second kappa shape index (κ2) is 5.68. The number of alkyl halides is 1. The van der Waals surface area contributed by atoms with Crippen molar-refractivity contribution in [3.63, 3.8) is 0 Å². The first kappa shape index (κ1) is 8.55. The van der Waals surface area contributed by atoms with Gasteiger partial charge in [-0.1, -0.05) is 15.9 Å². The Labute approximate surface area is 59.0 Å². The van der Waals surface area contributed by atoms with E-state index in [0.717, 1.165) is 5.33 Å². The molecule has 0 rings (SSSR count). The van der Waals surface area contributed by atoms with Crippen molar-refractivity contribution in [2.75, 3.05) is 11.9 Å². The monoisotopic (exact) mass is 201 g/mol. The SMILES string of the molecule is O=S([O-])OCCCBr. The fourth-order valence-electron chi connectivity index (χ4n) is 0.182. The number of hydrogen-bond acceptors (Lipinski definition) is 3. The van der Waals surface area contributed by atoms with E-state index in [1.165, 1.54) is 0 Å². The summed E-state index contributed by atoms with van der Waals surface area (Å²) in [6, 6.07) is 0. The fourth-order valence-corrected chi connectivity index (χ4v) is 0.664. The molecule has 5 heteroatoms. The maximum atomic E-state index is 9.64. The molecule has 0 bridgehead atoms. The van der Waals surface area contributed by atoms with Crippen LogP contribution < -0.4 is 0 Å².